The minimum absolute atomic E-state index is 0.0856. The van der Waals surface area contributed by atoms with E-state index in [2.05, 4.69) is 72.8 Å². The molecule has 0 spiro atoms. The predicted molar refractivity (Wildman–Crippen MR) is 105 cm³/mol. The summed E-state index contributed by atoms with van der Waals surface area (Å²) in [6.45, 7) is 18.4. The number of fused-ring (bicyclic) bond motifs is 1. The van der Waals surface area contributed by atoms with Crippen LogP contribution in [0, 0.1) is 5.41 Å². The number of benzene rings is 1. The molecule has 1 aliphatic rings. The molecule has 0 saturated heterocycles. The number of methoxy groups -OCH3 is 1. The Balaban J connectivity index is 2.35. The molecule has 136 valence electrons. The fraction of sp³-hybridized carbons (Fsp3) is 0.714. The average molecular weight is 349 g/mol. The Hall–Kier alpha value is -0.643. The zero-order valence-corrected chi connectivity index (χ0v) is 18.1. The number of ether oxygens (including phenoxy) is 1. The van der Waals surface area contributed by atoms with Crippen molar-refractivity contribution in [3.8, 4) is 0 Å². The van der Waals surface area contributed by atoms with Crippen LogP contribution in [0.15, 0.2) is 18.2 Å². The zero-order valence-electron chi connectivity index (χ0n) is 17.1. The molecule has 2 rings (SSSR count). The summed E-state index contributed by atoms with van der Waals surface area (Å²) >= 11 is 0. The SMILES string of the molecule is COC(c1cccc2c1CC[C@@H]2O[Si](C)(C)C(C)(C)C)C(C)(C)C. The molecule has 24 heavy (non-hydrogen) atoms. The van der Waals surface area contributed by atoms with Crippen LogP contribution in [0.4, 0.5) is 0 Å². The van der Waals surface area contributed by atoms with E-state index in [4.69, 9.17) is 9.16 Å². The maximum absolute atomic E-state index is 6.74. The summed E-state index contributed by atoms with van der Waals surface area (Å²) in [7, 11) is 0.0681. The Bertz CT molecular complexity index is 578. The summed E-state index contributed by atoms with van der Waals surface area (Å²) in [5.74, 6) is 0. The molecule has 0 radical (unpaired) electrons. The van der Waals surface area contributed by atoms with Gasteiger partial charge in [0, 0.05) is 7.11 Å². The minimum Gasteiger partial charge on any atom is -0.410 e. The highest BCUT2D eigenvalue weighted by Crippen LogP contribution is 2.46. The minimum atomic E-state index is -1.76. The second-order valence-electron chi connectivity index (χ2n) is 9.80. The molecular formula is C21H36O2Si. The van der Waals surface area contributed by atoms with Gasteiger partial charge in [0.1, 0.15) is 0 Å². The second kappa shape index (κ2) is 6.58. The largest absolute Gasteiger partial charge is 0.410 e. The molecular weight excluding hydrogens is 312 g/mol. The number of rotatable bonds is 4. The summed E-state index contributed by atoms with van der Waals surface area (Å²) < 4.78 is 12.6. The van der Waals surface area contributed by atoms with Crippen LogP contribution < -0.4 is 0 Å². The third-order valence-corrected chi connectivity index (χ3v) is 10.3. The molecule has 0 fully saturated rings. The lowest BCUT2D eigenvalue weighted by Gasteiger charge is -2.38. The van der Waals surface area contributed by atoms with Crippen LogP contribution in [-0.2, 0) is 15.6 Å². The monoisotopic (exact) mass is 348 g/mol. The number of hydrogen-bond donors (Lipinski definition) is 0. The Morgan fingerprint density at radius 3 is 2.21 bits per heavy atom. The Morgan fingerprint density at radius 2 is 1.71 bits per heavy atom. The summed E-state index contributed by atoms with van der Waals surface area (Å²) in [6, 6.07) is 6.69. The van der Waals surface area contributed by atoms with Gasteiger partial charge in [-0.3, -0.25) is 0 Å². The lowest BCUT2D eigenvalue weighted by molar-refractivity contribution is 0.0146. The van der Waals surface area contributed by atoms with Crippen LogP contribution in [0.1, 0.15) is 76.9 Å². The summed E-state index contributed by atoms with van der Waals surface area (Å²) in [6.07, 6.45) is 2.57. The van der Waals surface area contributed by atoms with Crippen LogP contribution in [0.3, 0.4) is 0 Å². The van der Waals surface area contributed by atoms with E-state index in [1.807, 2.05) is 7.11 Å². The van der Waals surface area contributed by atoms with Crippen molar-refractivity contribution in [3.63, 3.8) is 0 Å². The second-order valence-corrected chi connectivity index (χ2v) is 14.6. The van der Waals surface area contributed by atoms with Gasteiger partial charge >= 0.3 is 0 Å². The Labute approximate surface area is 150 Å². The van der Waals surface area contributed by atoms with Crippen LogP contribution >= 0.6 is 0 Å². The van der Waals surface area contributed by atoms with Gasteiger partial charge in [-0.2, -0.15) is 0 Å². The van der Waals surface area contributed by atoms with E-state index in [0.29, 0.717) is 0 Å². The Kier molecular flexibility index (Phi) is 5.40. The summed E-state index contributed by atoms with van der Waals surface area (Å²) in [5, 5.41) is 0.244. The maximum atomic E-state index is 6.74. The normalized spacial score (nSPS) is 20.1. The van der Waals surface area contributed by atoms with Crippen molar-refractivity contribution < 1.29 is 9.16 Å². The lowest BCUT2D eigenvalue weighted by Crippen LogP contribution is -2.41. The van der Waals surface area contributed by atoms with Crippen LogP contribution in [-0.4, -0.2) is 15.4 Å². The lowest BCUT2D eigenvalue weighted by atomic mass is 9.82. The summed E-state index contributed by atoms with van der Waals surface area (Å²) in [5.41, 5.74) is 4.29. The molecule has 0 bridgehead atoms. The van der Waals surface area contributed by atoms with Gasteiger partial charge in [-0.05, 0) is 53.1 Å². The number of hydrogen-bond acceptors (Lipinski definition) is 2. The third-order valence-electron chi connectivity index (χ3n) is 5.80. The topological polar surface area (TPSA) is 18.5 Å². The first-order valence-corrected chi connectivity index (χ1v) is 12.1. The predicted octanol–water partition coefficient (Wildman–Crippen LogP) is 6.43. The van der Waals surface area contributed by atoms with E-state index in [-0.39, 0.29) is 22.7 Å². The van der Waals surface area contributed by atoms with Gasteiger partial charge in [-0.15, -0.1) is 0 Å². The van der Waals surface area contributed by atoms with E-state index < -0.39 is 8.32 Å². The molecule has 0 aliphatic heterocycles. The highest BCUT2D eigenvalue weighted by atomic mass is 28.4. The molecule has 0 heterocycles. The van der Waals surface area contributed by atoms with Gasteiger partial charge in [0.15, 0.2) is 8.32 Å². The molecule has 0 amide bonds. The molecule has 3 heteroatoms. The molecule has 0 saturated carbocycles. The van der Waals surface area contributed by atoms with E-state index in [1.165, 1.54) is 16.7 Å². The van der Waals surface area contributed by atoms with Crippen LogP contribution in [0.25, 0.3) is 0 Å². The standard InChI is InChI=1S/C21H36O2Si/c1-20(2,3)19(22-7)17-12-10-11-16-15(17)13-14-18(16)23-24(8,9)21(4,5)6/h10-12,18-19H,13-14H2,1-9H3/t18-,19?/m0/s1. The van der Waals surface area contributed by atoms with Crippen molar-refractivity contribution in [1.82, 2.24) is 0 Å². The first kappa shape index (κ1) is 19.7. The average Bonchev–Trinajstić information content (AvgIpc) is 2.80. The molecule has 1 aromatic carbocycles. The van der Waals surface area contributed by atoms with Gasteiger partial charge in [-0.1, -0.05) is 59.7 Å². The van der Waals surface area contributed by atoms with E-state index >= 15 is 0 Å². The summed E-state index contributed by atoms with van der Waals surface area (Å²) in [4.78, 5) is 0. The van der Waals surface area contributed by atoms with E-state index in [1.54, 1.807) is 0 Å². The molecule has 2 nitrogen and oxygen atoms in total. The fourth-order valence-corrected chi connectivity index (χ4v) is 4.80. The zero-order chi connectivity index (χ0) is 18.3. The van der Waals surface area contributed by atoms with Crippen molar-refractivity contribution in [1.29, 1.82) is 0 Å². The molecule has 1 aliphatic carbocycles. The van der Waals surface area contributed by atoms with Crippen molar-refractivity contribution in [3.05, 3.63) is 34.9 Å². The van der Waals surface area contributed by atoms with Gasteiger partial charge in [-0.25, -0.2) is 0 Å². The van der Waals surface area contributed by atoms with Gasteiger partial charge in [0.2, 0.25) is 0 Å². The van der Waals surface area contributed by atoms with Gasteiger partial charge < -0.3 is 9.16 Å². The molecule has 0 aromatic heterocycles. The first-order chi connectivity index (χ1) is 10.9. The molecule has 1 aromatic rings. The molecule has 0 N–H and O–H groups in total. The van der Waals surface area contributed by atoms with Crippen molar-refractivity contribution in [2.45, 2.75) is 84.7 Å². The highest BCUT2D eigenvalue weighted by molar-refractivity contribution is 6.74. The molecule has 1 unspecified atom stereocenters. The van der Waals surface area contributed by atoms with Crippen molar-refractivity contribution in [2.75, 3.05) is 7.11 Å². The van der Waals surface area contributed by atoms with Gasteiger partial charge in [0.05, 0.1) is 12.2 Å². The third kappa shape index (κ3) is 3.78. The fourth-order valence-electron chi connectivity index (χ4n) is 3.49. The van der Waals surface area contributed by atoms with Crippen molar-refractivity contribution in [2.24, 2.45) is 5.41 Å². The van der Waals surface area contributed by atoms with E-state index in [9.17, 15) is 0 Å². The Morgan fingerprint density at radius 1 is 1.08 bits per heavy atom. The van der Waals surface area contributed by atoms with Crippen LogP contribution in [0.2, 0.25) is 18.1 Å². The van der Waals surface area contributed by atoms with Gasteiger partial charge in [0.25, 0.3) is 0 Å². The highest BCUT2D eigenvalue weighted by Gasteiger charge is 2.41. The van der Waals surface area contributed by atoms with Crippen LogP contribution in [0.5, 0.6) is 0 Å². The van der Waals surface area contributed by atoms with E-state index in [0.717, 1.165) is 12.8 Å². The quantitative estimate of drug-likeness (QED) is 0.584. The maximum Gasteiger partial charge on any atom is 0.192 e. The molecule has 2 atom stereocenters. The smallest absolute Gasteiger partial charge is 0.192 e. The van der Waals surface area contributed by atoms with Crippen molar-refractivity contribution >= 4 is 8.32 Å². The first-order valence-electron chi connectivity index (χ1n) is 9.21.